The fourth-order valence-electron chi connectivity index (χ4n) is 4.88. The summed E-state index contributed by atoms with van der Waals surface area (Å²) in [5.74, 6) is 3.30. The third kappa shape index (κ3) is 5.80. The number of benzene rings is 4. The molecule has 0 amide bonds. The molecule has 6 heteroatoms. The second-order valence-electron chi connectivity index (χ2n) is 9.48. The number of ether oxygens (including phenoxy) is 4. The highest BCUT2D eigenvalue weighted by Crippen LogP contribution is 2.37. The highest BCUT2D eigenvalue weighted by molar-refractivity contribution is 5.84. The van der Waals surface area contributed by atoms with Gasteiger partial charge in [-0.05, 0) is 91.8 Å². The number of aldehydes is 2. The number of carbonyl (C=O) groups excluding carboxylic acids is 2. The minimum atomic E-state index is 0.380. The molecule has 0 radical (unpaired) electrons. The largest absolute Gasteiger partial charge is 0.496 e. The zero-order chi connectivity index (χ0) is 28.1. The SMILES string of the molecule is COc1cccc(Oc2c(C)cc(Cc3cc(C)c(Oc4cccc(OC)c4C=O)c(C)c3)cc2C)c1C=O. The summed E-state index contributed by atoms with van der Waals surface area (Å²) >= 11 is 0. The van der Waals surface area contributed by atoms with Crippen LogP contribution in [0.3, 0.4) is 0 Å². The van der Waals surface area contributed by atoms with E-state index in [1.165, 1.54) is 14.2 Å². The summed E-state index contributed by atoms with van der Waals surface area (Å²) in [7, 11) is 3.06. The molecule has 0 unspecified atom stereocenters. The lowest BCUT2D eigenvalue weighted by molar-refractivity contribution is 0.111. The molecule has 0 N–H and O–H groups in total. The number of hydrogen-bond donors (Lipinski definition) is 0. The van der Waals surface area contributed by atoms with Crippen molar-refractivity contribution >= 4 is 12.6 Å². The standard InChI is InChI=1S/C33H32O6/c1-20-13-24(14-21(2)32(20)38-30-11-7-9-28(36-5)26(30)18-34)17-25-15-22(3)33(23(4)16-25)39-31-12-8-10-29(37-6)27(31)19-35/h7-16,18-19H,17H2,1-6H3. The van der Waals surface area contributed by atoms with Gasteiger partial charge >= 0.3 is 0 Å². The minimum absolute atomic E-state index is 0.380. The lowest BCUT2D eigenvalue weighted by Gasteiger charge is -2.17. The molecule has 0 bridgehead atoms. The molecule has 200 valence electrons. The molecule has 4 aromatic rings. The second-order valence-corrected chi connectivity index (χ2v) is 9.48. The maximum atomic E-state index is 11.7. The van der Waals surface area contributed by atoms with E-state index in [4.69, 9.17) is 18.9 Å². The monoisotopic (exact) mass is 524 g/mol. The first kappa shape index (κ1) is 27.5. The van der Waals surface area contributed by atoms with E-state index in [9.17, 15) is 9.59 Å². The Morgan fingerprint density at radius 2 is 0.897 bits per heavy atom. The molecular formula is C33H32O6. The van der Waals surface area contributed by atoms with Gasteiger partial charge in [-0.1, -0.05) is 36.4 Å². The van der Waals surface area contributed by atoms with Gasteiger partial charge < -0.3 is 18.9 Å². The zero-order valence-electron chi connectivity index (χ0n) is 23.1. The fraction of sp³-hybridized carbons (Fsp3) is 0.212. The molecule has 0 fully saturated rings. The smallest absolute Gasteiger partial charge is 0.157 e. The molecule has 0 spiro atoms. The lowest BCUT2D eigenvalue weighted by atomic mass is 9.97. The summed E-state index contributed by atoms with van der Waals surface area (Å²) < 4.78 is 23.0. The van der Waals surface area contributed by atoms with E-state index >= 15 is 0 Å². The van der Waals surface area contributed by atoms with Gasteiger partial charge in [-0.3, -0.25) is 9.59 Å². The molecule has 0 heterocycles. The third-order valence-electron chi connectivity index (χ3n) is 6.60. The van der Waals surface area contributed by atoms with Gasteiger partial charge in [-0.25, -0.2) is 0 Å². The molecule has 0 aromatic heterocycles. The van der Waals surface area contributed by atoms with Crippen LogP contribution in [0.15, 0.2) is 60.7 Å². The van der Waals surface area contributed by atoms with E-state index in [0.717, 1.165) is 63.9 Å². The first-order valence-corrected chi connectivity index (χ1v) is 12.6. The van der Waals surface area contributed by atoms with Crippen molar-refractivity contribution in [2.75, 3.05) is 14.2 Å². The van der Waals surface area contributed by atoms with Gasteiger partial charge in [0.15, 0.2) is 12.6 Å². The molecule has 0 saturated carbocycles. The molecule has 0 saturated heterocycles. The summed E-state index contributed by atoms with van der Waals surface area (Å²) in [6.45, 7) is 8.00. The van der Waals surface area contributed by atoms with Gasteiger partial charge in [-0.2, -0.15) is 0 Å². The summed E-state index contributed by atoms with van der Waals surface area (Å²) in [6.07, 6.45) is 2.22. The highest BCUT2D eigenvalue weighted by Gasteiger charge is 2.16. The number of aryl methyl sites for hydroxylation is 4. The van der Waals surface area contributed by atoms with Crippen molar-refractivity contribution in [2.45, 2.75) is 34.1 Å². The molecule has 39 heavy (non-hydrogen) atoms. The number of carbonyl (C=O) groups is 2. The van der Waals surface area contributed by atoms with Gasteiger partial charge in [0.25, 0.3) is 0 Å². The molecule has 0 aliphatic carbocycles. The lowest BCUT2D eigenvalue weighted by Crippen LogP contribution is -2.00. The summed E-state index contributed by atoms with van der Waals surface area (Å²) in [5.41, 5.74) is 6.92. The van der Waals surface area contributed by atoms with Crippen molar-refractivity contribution in [1.82, 2.24) is 0 Å². The van der Waals surface area contributed by atoms with Gasteiger partial charge in [0, 0.05) is 0 Å². The molecule has 0 aliphatic heterocycles. The molecule has 4 rings (SSSR count). The van der Waals surface area contributed by atoms with Crippen LogP contribution < -0.4 is 18.9 Å². The zero-order valence-corrected chi connectivity index (χ0v) is 23.1. The Labute approximate surface area is 229 Å². The van der Waals surface area contributed by atoms with Crippen LogP contribution in [0.25, 0.3) is 0 Å². The predicted octanol–water partition coefficient (Wildman–Crippen LogP) is 7.74. The van der Waals surface area contributed by atoms with Crippen molar-refractivity contribution in [1.29, 1.82) is 0 Å². The van der Waals surface area contributed by atoms with Gasteiger partial charge in [0.1, 0.15) is 34.5 Å². The quantitative estimate of drug-likeness (QED) is 0.198. The Morgan fingerprint density at radius 1 is 0.564 bits per heavy atom. The number of methoxy groups -OCH3 is 2. The van der Waals surface area contributed by atoms with Crippen LogP contribution in [0.4, 0.5) is 0 Å². The first-order chi connectivity index (χ1) is 18.8. The van der Waals surface area contributed by atoms with E-state index in [2.05, 4.69) is 24.3 Å². The molecule has 6 nitrogen and oxygen atoms in total. The number of hydrogen-bond acceptors (Lipinski definition) is 6. The summed E-state index contributed by atoms with van der Waals surface area (Å²) in [6, 6.07) is 19.0. The van der Waals surface area contributed by atoms with Crippen LogP contribution in [-0.2, 0) is 6.42 Å². The predicted molar refractivity (Wildman–Crippen MR) is 152 cm³/mol. The van der Waals surface area contributed by atoms with Gasteiger partial charge in [0.2, 0.25) is 0 Å². The van der Waals surface area contributed by atoms with E-state index in [-0.39, 0.29) is 0 Å². The van der Waals surface area contributed by atoms with Crippen molar-refractivity contribution in [3.63, 3.8) is 0 Å². The Kier molecular flexibility index (Phi) is 8.35. The molecule has 4 aromatic carbocycles. The van der Waals surface area contributed by atoms with Crippen LogP contribution >= 0.6 is 0 Å². The van der Waals surface area contributed by atoms with Crippen LogP contribution in [-0.4, -0.2) is 26.8 Å². The third-order valence-corrected chi connectivity index (χ3v) is 6.60. The fourth-order valence-corrected chi connectivity index (χ4v) is 4.88. The van der Waals surface area contributed by atoms with Crippen LogP contribution in [0, 0.1) is 27.7 Å². The van der Waals surface area contributed by atoms with Crippen LogP contribution in [0.1, 0.15) is 54.1 Å². The van der Waals surface area contributed by atoms with Gasteiger partial charge in [0.05, 0.1) is 25.3 Å². The highest BCUT2D eigenvalue weighted by atomic mass is 16.5. The van der Waals surface area contributed by atoms with E-state index < -0.39 is 0 Å². The topological polar surface area (TPSA) is 71.1 Å². The van der Waals surface area contributed by atoms with Crippen LogP contribution in [0.2, 0.25) is 0 Å². The maximum Gasteiger partial charge on any atom is 0.157 e. The summed E-state index contributed by atoms with van der Waals surface area (Å²) in [4.78, 5) is 23.4. The van der Waals surface area contributed by atoms with Crippen molar-refractivity contribution in [3.8, 4) is 34.5 Å². The van der Waals surface area contributed by atoms with Gasteiger partial charge in [-0.15, -0.1) is 0 Å². The maximum absolute atomic E-state index is 11.7. The average Bonchev–Trinajstić information content (AvgIpc) is 2.92. The Hall–Kier alpha value is -4.58. The minimum Gasteiger partial charge on any atom is -0.496 e. The van der Waals surface area contributed by atoms with E-state index in [0.29, 0.717) is 34.1 Å². The average molecular weight is 525 g/mol. The Balaban J connectivity index is 1.59. The van der Waals surface area contributed by atoms with Crippen molar-refractivity contribution in [3.05, 3.63) is 105 Å². The van der Waals surface area contributed by atoms with Crippen molar-refractivity contribution in [2.24, 2.45) is 0 Å². The summed E-state index contributed by atoms with van der Waals surface area (Å²) in [5, 5.41) is 0. The first-order valence-electron chi connectivity index (χ1n) is 12.6. The normalized spacial score (nSPS) is 10.6. The molecule has 0 atom stereocenters. The molecular weight excluding hydrogens is 492 g/mol. The second kappa shape index (κ2) is 11.9. The van der Waals surface area contributed by atoms with E-state index in [1.807, 2.05) is 27.7 Å². The van der Waals surface area contributed by atoms with Crippen LogP contribution in [0.5, 0.6) is 34.5 Å². The number of rotatable bonds is 10. The molecule has 0 aliphatic rings. The van der Waals surface area contributed by atoms with Crippen molar-refractivity contribution < 1.29 is 28.5 Å². The Morgan fingerprint density at radius 3 is 1.21 bits per heavy atom. The Bertz CT molecular complexity index is 1370. The van der Waals surface area contributed by atoms with E-state index in [1.54, 1.807) is 36.4 Å².